The maximum absolute atomic E-state index is 12.1. The number of nitrogens with one attached hydrogen (secondary N) is 1. The summed E-state index contributed by atoms with van der Waals surface area (Å²) in [5.41, 5.74) is 2.86. The van der Waals surface area contributed by atoms with E-state index in [2.05, 4.69) is 12.2 Å². The quantitative estimate of drug-likeness (QED) is 0.904. The molecule has 0 spiro atoms. The lowest BCUT2D eigenvalue weighted by atomic mass is 10.0. The van der Waals surface area contributed by atoms with Crippen molar-refractivity contribution in [3.8, 4) is 11.5 Å². The third-order valence-corrected chi connectivity index (χ3v) is 4.03. The van der Waals surface area contributed by atoms with Gasteiger partial charge in [0.05, 0.1) is 0 Å². The highest BCUT2D eigenvalue weighted by molar-refractivity contribution is 5.92. The summed E-state index contributed by atoms with van der Waals surface area (Å²) in [5.74, 6) is 1.19. The Hall–Kier alpha value is -2.49. The molecule has 1 amide bonds. The van der Waals surface area contributed by atoms with Gasteiger partial charge in [0.25, 0.3) is 5.91 Å². The minimum atomic E-state index is -0.232. The van der Waals surface area contributed by atoms with Crippen LogP contribution in [0.25, 0.3) is 0 Å². The molecule has 1 N–H and O–H groups in total. The van der Waals surface area contributed by atoms with Gasteiger partial charge in [0.2, 0.25) is 0 Å². The number of carbonyl (C=O) groups excluding carboxylic acids is 1. The first-order valence-corrected chi connectivity index (χ1v) is 8.29. The van der Waals surface area contributed by atoms with Crippen molar-refractivity contribution in [2.45, 2.75) is 39.2 Å². The third-order valence-electron chi connectivity index (χ3n) is 4.03. The molecule has 1 aliphatic rings. The highest BCUT2D eigenvalue weighted by atomic mass is 16.5. The molecular weight excluding hydrogens is 302 g/mol. The van der Waals surface area contributed by atoms with Gasteiger partial charge in [-0.25, -0.2) is 0 Å². The van der Waals surface area contributed by atoms with Gasteiger partial charge in [-0.05, 0) is 44.0 Å². The van der Waals surface area contributed by atoms with Crippen LogP contribution in [0.1, 0.15) is 31.9 Å². The summed E-state index contributed by atoms with van der Waals surface area (Å²) in [5, 5.41) is 2.87. The second-order valence-corrected chi connectivity index (χ2v) is 6.67. The molecule has 0 aliphatic carbocycles. The van der Waals surface area contributed by atoms with E-state index in [0.29, 0.717) is 5.75 Å². The van der Waals surface area contributed by atoms with Crippen LogP contribution in [0, 0.1) is 0 Å². The lowest BCUT2D eigenvalue weighted by Gasteiger charge is -2.18. The van der Waals surface area contributed by atoms with Crippen LogP contribution in [0.15, 0.2) is 42.5 Å². The number of hydrogen-bond acceptors (Lipinski definition) is 3. The summed E-state index contributed by atoms with van der Waals surface area (Å²) < 4.78 is 11.6. The number of ether oxygens (including phenoxy) is 2. The van der Waals surface area contributed by atoms with Crippen LogP contribution in [0.2, 0.25) is 0 Å². The Labute approximate surface area is 142 Å². The Bertz CT molecular complexity index is 752. The first kappa shape index (κ1) is 16.4. The number of hydrogen-bond donors (Lipinski definition) is 1. The summed E-state index contributed by atoms with van der Waals surface area (Å²) in [6.07, 6.45) is 1.78. The minimum absolute atomic E-state index is 0.0450. The molecule has 0 atom stereocenters. The van der Waals surface area contributed by atoms with Gasteiger partial charge in [0, 0.05) is 17.7 Å². The van der Waals surface area contributed by atoms with Crippen molar-refractivity contribution in [3.63, 3.8) is 0 Å². The van der Waals surface area contributed by atoms with Crippen molar-refractivity contribution in [2.24, 2.45) is 0 Å². The standard InChI is InChI=1S/C20H23NO3/c1-4-14-7-5-9-16(11-14)21-18(22)13-23-17-10-6-8-15-12-20(2,3)24-19(15)17/h5-11H,4,12-13H2,1-3H3,(H,21,22). The summed E-state index contributed by atoms with van der Waals surface area (Å²) in [6, 6.07) is 13.6. The average molecular weight is 325 g/mol. The van der Waals surface area contributed by atoms with Crippen LogP contribution in [-0.4, -0.2) is 18.1 Å². The van der Waals surface area contributed by atoms with Crippen molar-refractivity contribution < 1.29 is 14.3 Å². The topological polar surface area (TPSA) is 47.6 Å². The zero-order valence-corrected chi connectivity index (χ0v) is 14.4. The number of aryl methyl sites for hydroxylation is 1. The first-order valence-electron chi connectivity index (χ1n) is 8.29. The predicted molar refractivity (Wildman–Crippen MR) is 94.8 cm³/mol. The molecule has 0 bridgehead atoms. The molecule has 0 radical (unpaired) electrons. The van der Waals surface area contributed by atoms with Gasteiger partial charge in [0.15, 0.2) is 18.1 Å². The van der Waals surface area contributed by atoms with E-state index in [4.69, 9.17) is 9.47 Å². The van der Waals surface area contributed by atoms with Crippen LogP contribution < -0.4 is 14.8 Å². The van der Waals surface area contributed by atoms with Gasteiger partial charge in [-0.2, -0.15) is 0 Å². The van der Waals surface area contributed by atoms with Crippen LogP contribution in [0.4, 0.5) is 5.69 Å². The number of fused-ring (bicyclic) bond motifs is 1. The van der Waals surface area contributed by atoms with Gasteiger partial charge in [0.1, 0.15) is 5.60 Å². The van der Waals surface area contributed by atoms with Crippen molar-refractivity contribution in [2.75, 3.05) is 11.9 Å². The summed E-state index contributed by atoms with van der Waals surface area (Å²) in [7, 11) is 0. The lowest BCUT2D eigenvalue weighted by Crippen LogP contribution is -2.25. The molecule has 1 aliphatic heterocycles. The molecule has 1 heterocycles. The van der Waals surface area contributed by atoms with E-state index in [1.54, 1.807) is 0 Å². The molecule has 3 rings (SSSR count). The molecule has 4 nitrogen and oxygen atoms in total. The first-order chi connectivity index (χ1) is 11.5. The molecular formula is C20H23NO3. The predicted octanol–water partition coefficient (Wildman–Crippen LogP) is 3.98. The fraction of sp³-hybridized carbons (Fsp3) is 0.350. The Kier molecular flexibility index (Phi) is 4.47. The maximum Gasteiger partial charge on any atom is 0.262 e. The van der Waals surface area contributed by atoms with Crippen molar-refractivity contribution in [3.05, 3.63) is 53.6 Å². The van der Waals surface area contributed by atoms with E-state index in [9.17, 15) is 4.79 Å². The Balaban J connectivity index is 1.62. The van der Waals surface area contributed by atoms with Crippen LogP contribution in [0.5, 0.6) is 11.5 Å². The third kappa shape index (κ3) is 3.70. The molecule has 0 fully saturated rings. The zero-order chi connectivity index (χ0) is 17.2. The summed E-state index contributed by atoms with van der Waals surface area (Å²) in [4.78, 5) is 12.1. The molecule has 2 aromatic carbocycles. The molecule has 4 heteroatoms. The van der Waals surface area contributed by atoms with Gasteiger partial charge >= 0.3 is 0 Å². The van der Waals surface area contributed by atoms with Gasteiger partial charge in [-0.15, -0.1) is 0 Å². The Morgan fingerprint density at radius 3 is 2.83 bits per heavy atom. The number of para-hydroxylation sites is 1. The number of anilines is 1. The fourth-order valence-corrected chi connectivity index (χ4v) is 2.91. The van der Waals surface area contributed by atoms with E-state index >= 15 is 0 Å². The molecule has 0 aromatic heterocycles. The monoisotopic (exact) mass is 325 g/mol. The Morgan fingerprint density at radius 1 is 1.25 bits per heavy atom. The van der Waals surface area contributed by atoms with Crippen LogP contribution >= 0.6 is 0 Å². The number of benzene rings is 2. The van der Waals surface area contributed by atoms with E-state index in [-0.39, 0.29) is 18.1 Å². The van der Waals surface area contributed by atoms with E-state index in [1.807, 2.05) is 56.3 Å². The molecule has 0 unspecified atom stereocenters. The van der Waals surface area contributed by atoms with Crippen LogP contribution in [0.3, 0.4) is 0 Å². The SMILES string of the molecule is CCc1cccc(NC(=O)COc2cccc3c2OC(C)(C)C3)c1. The average Bonchev–Trinajstić information content (AvgIpc) is 2.87. The van der Waals surface area contributed by atoms with E-state index in [1.165, 1.54) is 5.56 Å². The minimum Gasteiger partial charge on any atom is -0.483 e. The molecule has 2 aromatic rings. The van der Waals surface area contributed by atoms with Gasteiger partial charge < -0.3 is 14.8 Å². The fourth-order valence-electron chi connectivity index (χ4n) is 2.91. The number of rotatable bonds is 5. The second-order valence-electron chi connectivity index (χ2n) is 6.67. The maximum atomic E-state index is 12.1. The summed E-state index contributed by atoms with van der Waals surface area (Å²) >= 11 is 0. The van der Waals surface area contributed by atoms with Gasteiger partial charge in [-0.3, -0.25) is 4.79 Å². The van der Waals surface area contributed by atoms with E-state index in [0.717, 1.165) is 29.8 Å². The highest BCUT2D eigenvalue weighted by Crippen LogP contribution is 2.41. The second kappa shape index (κ2) is 6.56. The highest BCUT2D eigenvalue weighted by Gasteiger charge is 2.32. The largest absolute Gasteiger partial charge is 0.483 e. The van der Waals surface area contributed by atoms with Crippen molar-refractivity contribution in [1.29, 1.82) is 0 Å². The Morgan fingerprint density at radius 2 is 2.04 bits per heavy atom. The van der Waals surface area contributed by atoms with Crippen molar-refractivity contribution >= 4 is 11.6 Å². The molecule has 24 heavy (non-hydrogen) atoms. The van der Waals surface area contributed by atoms with Crippen LogP contribution in [-0.2, 0) is 17.6 Å². The normalized spacial score (nSPS) is 14.6. The lowest BCUT2D eigenvalue weighted by molar-refractivity contribution is -0.118. The smallest absolute Gasteiger partial charge is 0.262 e. The van der Waals surface area contributed by atoms with Crippen molar-refractivity contribution in [1.82, 2.24) is 0 Å². The number of amides is 1. The zero-order valence-electron chi connectivity index (χ0n) is 14.4. The molecule has 0 saturated carbocycles. The molecule has 0 saturated heterocycles. The van der Waals surface area contributed by atoms with Gasteiger partial charge in [-0.1, -0.05) is 31.2 Å². The number of carbonyl (C=O) groups is 1. The molecule has 126 valence electrons. The van der Waals surface area contributed by atoms with E-state index < -0.39 is 0 Å². The summed E-state index contributed by atoms with van der Waals surface area (Å²) in [6.45, 7) is 6.13.